The SMILES string of the molecule is CNCCc1ccc(C#N)cc1.Cn1cc(-c2ccc(NC(=O)CC3=CCCC=C3)nc2)cn1. The molecule has 0 saturated heterocycles. The average Bonchev–Trinajstić information content (AvgIpc) is 3.30. The summed E-state index contributed by atoms with van der Waals surface area (Å²) in [5.74, 6) is 0.525. The normalized spacial score (nSPS) is 12.2. The maximum Gasteiger partial charge on any atom is 0.229 e. The number of benzene rings is 1. The van der Waals surface area contributed by atoms with Gasteiger partial charge in [0, 0.05) is 30.6 Å². The summed E-state index contributed by atoms with van der Waals surface area (Å²) in [4.78, 5) is 16.3. The molecule has 0 spiro atoms. The van der Waals surface area contributed by atoms with Gasteiger partial charge in [-0.1, -0.05) is 30.4 Å². The largest absolute Gasteiger partial charge is 0.319 e. The highest BCUT2D eigenvalue weighted by Gasteiger charge is 2.08. The van der Waals surface area contributed by atoms with Crippen molar-refractivity contribution < 1.29 is 4.79 Å². The van der Waals surface area contributed by atoms with Crippen LogP contribution in [0.2, 0.25) is 0 Å². The first-order valence-electron chi connectivity index (χ1n) is 11.3. The van der Waals surface area contributed by atoms with Crippen LogP contribution in [0.5, 0.6) is 0 Å². The number of nitrogens with zero attached hydrogens (tertiary/aromatic N) is 4. The van der Waals surface area contributed by atoms with Crippen LogP contribution in [0.25, 0.3) is 11.1 Å². The zero-order valence-electron chi connectivity index (χ0n) is 19.7. The van der Waals surface area contributed by atoms with Crippen LogP contribution in [-0.4, -0.2) is 34.3 Å². The van der Waals surface area contributed by atoms with Gasteiger partial charge in [-0.3, -0.25) is 9.48 Å². The number of aromatic nitrogens is 3. The number of nitrogens with one attached hydrogen (secondary N) is 2. The molecule has 1 aromatic carbocycles. The molecule has 1 amide bonds. The van der Waals surface area contributed by atoms with Crippen molar-refractivity contribution in [1.82, 2.24) is 20.1 Å². The number of anilines is 1. The molecule has 2 heterocycles. The van der Waals surface area contributed by atoms with Crippen molar-refractivity contribution in [2.45, 2.75) is 25.7 Å². The van der Waals surface area contributed by atoms with E-state index in [1.807, 2.05) is 62.8 Å². The highest BCUT2D eigenvalue weighted by Crippen LogP contribution is 2.19. The van der Waals surface area contributed by atoms with E-state index in [1.54, 1.807) is 17.1 Å². The van der Waals surface area contributed by atoms with Crippen molar-refractivity contribution in [2.24, 2.45) is 7.05 Å². The lowest BCUT2D eigenvalue weighted by atomic mass is 10.0. The van der Waals surface area contributed by atoms with Crippen LogP contribution < -0.4 is 10.6 Å². The first kappa shape index (κ1) is 24.6. The Labute approximate surface area is 200 Å². The van der Waals surface area contributed by atoms with E-state index in [4.69, 9.17) is 5.26 Å². The quantitative estimate of drug-likeness (QED) is 0.551. The first-order valence-corrected chi connectivity index (χ1v) is 11.3. The summed E-state index contributed by atoms with van der Waals surface area (Å²) in [7, 11) is 3.81. The van der Waals surface area contributed by atoms with Crippen molar-refractivity contribution >= 4 is 11.7 Å². The minimum Gasteiger partial charge on any atom is -0.319 e. The molecule has 0 aliphatic heterocycles. The van der Waals surface area contributed by atoms with Crippen molar-refractivity contribution in [3.05, 3.63) is 89.9 Å². The third-order valence-corrected chi connectivity index (χ3v) is 5.25. The lowest BCUT2D eigenvalue weighted by molar-refractivity contribution is -0.115. The Bertz CT molecular complexity index is 1170. The molecule has 0 radical (unpaired) electrons. The van der Waals surface area contributed by atoms with Gasteiger partial charge in [-0.15, -0.1) is 0 Å². The predicted molar refractivity (Wildman–Crippen MR) is 135 cm³/mol. The third-order valence-electron chi connectivity index (χ3n) is 5.25. The maximum absolute atomic E-state index is 12.0. The molecule has 2 N–H and O–H groups in total. The molecule has 1 aliphatic rings. The number of hydrogen-bond acceptors (Lipinski definition) is 5. The van der Waals surface area contributed by atoms with Crippen molar-refractivity contribution in [2.75, 3.05) is 18.9 Å². The molecule has 0 saturated carbocycles. The smallest absolute Gasteiger partial charge is 0.229 e. The Hall–Kier alpha value is -4.02. The van der Waals surface area contributed by atoms with Crippen LogP contribution in [0.1, 0.15) is 30.4 Å². The van der Waals surface area contributed by atoms with E-state index in [1.165, 1.54) is 5.56 Å². The molecule has 4 rings (SSSR count). The van der Waals surface area contributed by atoms with Crippen LogP contribution in [0, 0.1) is 11.3 Å². The minimum absolute atomic E-state index is 0.0422. The Kier molecular flexibility index (Phi) is 9.32. The number of hydrogen-bond donors (Lipinski definition) is 2. The van der Waals surface area contributed by atoms with E-state index >= 15 is 0 Å². The zero-order chi connectivity index (χ0) is 24.2. The summed E-state index contributed by atoms with van der Waals surface area (Å²) in [6, 6.07) is 13.5. The van der Waals surface area contributed by atoms with Gasteiger partial charge >= 0.3 is 0 Å². The second-order valence-electron chi connectivity index (χ2n) is 7.98. The van der Waals surface area contributed by atoms with Crippen LogP contribution in [0.15, 0.2) is 78.8 Å². The monoisotopic (exact) mass is 454 g/mol. The molecule has 3 aromatic rings. The summed E-state index contributed by atoms with van der Waals surface area (Å²) >= 11 is 0. The number of aryl methyl sites for hydroxylation is 1. The number of rotatable bonds is 7. The van der Waals surface area contributed by atoms with Crippen molar-refractivity contribution in [3.63, 3.8) is 0 Å². The molecule has 0 bridgehead atoms. The Morgan fingerprint density at radius 1 is 1.12 bits per heavy atom. The van der Waals surface area contributed by atoms with Crippen LogP contribution >= 0.6 is 0 Å². The molecule has 7 heteroatoms. The number of amides is 1. The number of carbonyl (C=O) groups is 1. The molecular weight excluding hydrogens is 424 g/mol. The molecule has 174 valence electrons. The lowest BCUT2D eigenvalue weighted by Gasteiger charge is -2.08. The molecule has 0 unspecified atom stereocenters. The van der Waals surface area contributed by atoms with E-state index in [2.05, 4.69) is 38.9 Å². The fraction of sp³-hybridized carbons (Fsp3) is 0.259. The highest BCUT2D eigenvalue weighted by molar-refractivity contribution is 5.91. The fourth-order valence-electron chi connectivity index (χ4n) is 3.40. The summed E-state index contributed by atoms with van der Waals surface area (Å²) in [6.45, 7) is 0.978. The zero-order valence-corrected chi connectivity index (χ0v) is 19.7. The average molecular weight is 455 g/mol. The second-order valence-corrected chi connectivity index (χ2v) is 7.98. The molecule has 7 nitrogen and oxygen atoms in total. The lowest BCUT2D eigenvalue weighted by Crippen LogP contribution is -2.13. The van der Waals surface area contributed by atoms with Gasteiger partial charge in [0.05, 0.1) is 24.3 Å². The Morgan fingerprint density at radius 3 is 2.53 bits per heavy atom. The van der Waals surface area contributed by atoms with Crippen LogP contribution in [0.3, 0.4) is 0 Å². The van der Waals surface area contributed by atoms with Gasteiger partial charge in [0.25, 0.3) is 0 Å². The Morgan fingerprint density at radius 2 is 1.94 bits per heavy atom. The molecule has 2 aromatic heterocycles. The van der Waals surface area contributed by atoms with E-state index in [9.17, 15) is 4.79 Å². The third kappa shape index (κ3) is 7.84. The van der Waals surface area contributed by atoms with Crippen LogP contribution in [0.4, 0.5) is 5.82 Å². The summed E-state index contributed by atoms with van der Waals surface area (Å²) < 4.78 is 1.75. The molecule has 1 aliphatic carbocycles. The summed E-state index contributed by atoms with van der Waals surface area (Å²) in [5.41, 5.74) is 5.04. The Balaban J connectivity index is 0.000000229. The van der Waals surface area contributed by atoms with Gasteiger partial charge in [-0.25, -0.2) is 4.98 Å². The van der Waals surface area contributed by atoms with Gasteiger partial charge in [-0.2, -0.15) is 10.4 Å². The molecule has 34 heavy (non-hydrogen) atoms. The standard InChI is InChI=1S/C17H18N4O.C10H12N2/c1-21-12-15(11-19-21)14-7-8-16(18-10-14)20-17(22)9-13-5-3-2-4-6-13;1-12-7-6-9-2-4-10(8-11)5-3-9/h3,5-8,10-12H,2,4,9H2,1H3,(H,18,20,22);2-5,12H,6-7H2,1H3. The van der Waals surface area contributed by atoms with E-state index in [0.717, 1.165) is 48.1 Å². The molecule has 0 atom stereocenters. The number of likely N-dealkylation sites (N-methyl/N-ethyl adjacent to an activating group) is 1. The first-order chi connectivity index (χ1) is 16.6. The van der Waals surface area contributed by atoms with Gasteiger partial charge in [-0.05, 0) is 68.3 Å². The topological polar surface area (TPSA) is 95.6 Å². The van der Waals surface area contributed by atoms with Crippen LogP contribution in [-0.2, 0) is 18.3 Å². The maximum atomic E-state index is 12.0. The summed E-state index contributed by atoms with van der Waals surface area (Å²) in [5, 5.41) is 18.6. The van der Waals surface area contributed by atoms with E-state index < -0.39 is 0 Å². The van der Waals surface area contributed by atoms with E-state index in [0.29, 0.717) is 12.2 Å². The number of nitriles is 1. The molecular formula is C27H30N6O. The van der Waals surface area contributed by atoms with Gasteiger partial charge < -0.3 is 10.6 Å². The van der Waals surface area contributed by atoms with Gasteiger partial charge in [0.1, 0.15) is 5.82 Å². The predicted octanol–water partition coefficient (Wildman–Crippen LogP) is 4.41. The minimum atomic E-state index is -0.0422. The van der Waals surface area contributed by atoms with Gasteiger partial charge in [0.2, 0.25) is 5.91 Å². The van der Waals surface area contributed by atoms with E-state index in [-0.39, 0.29) is 5.91 Å². The highest BCUT2D eigenvalue weighted by atomic mass is 16.1. The number of carbonyl (C=O) groups excluding carboxylic acids is 1. The van der Waals surface area contributed by atoms with Crippen molar-refractivity contribution in [3.8, 4) is 17.2 Å². The summed E-state index contributed by atoms with van der Waals surface area (Å²) in [6.07, 6.45) is 15.2. The number of pyridine rings is 1. The molecule has 0 fully saturated rings. The van der Waals surface area contributed by atoms with Crippen molar-refractivity contribution in [1.29, 1.82) is 5.26 Å². The second kappa shape index (κ2) is 12.9. The number of allylic oxidation sites excluding steroid dienone is 3. The fourth-order valence-corrected chi connectivity index (χ4v) is 3.40. The van der Waals surface area contributed by atoms with Gasteiger partial charge in [0.15, 0.2) is 0 Å².